The first-order chi connectivity index (χ1) is 16.0. The van der Waals surface area contributed by atoms with E-state index in [1.54, 1.807) is 25.1 Å². The minimum absolute atomic E-state index is 0.240. The van der Waals surface area contributed by atoms with Crippen LogP contribution in [0.15, 0.2) is 64.9 Å². The Bertz CT molecular complexity index is 1240. The number of nitrogens with zero attached hydrogens (tertiary/aromatic N) is 3. The molecule has 2 heterocycles. The van der Waals surface area contributed by atoms with Gasteiger partial charge >= 0.3 is 0 Å². The van der Waals surface area contributed by atoms with Crippen molar-refractivity contribution in [1.29, 1.82) is 0 Å². The number of aromatic amines is 1. The van der Waals surface area contributed by atoms with Crippen LogP contribution in [0.1, 0.15) is 32.9 Å². The van der Waals surface area contributed by atoms with Gasteiger partial charge in [-0.2, -0.15) is 5.10 Å². The van der Waals surface area contributed by atoms with Crippen LogP contribution >= 0.6 is 11.8 Å². The number of ether oxygens (including phenoxy) is 1. The van der Waals surface area contributed by atoms with Gasteiger partial charge in [-0.1, -0.05) is 36.0 Å². The number of fused-ring (bicyclic) bond motifs is 1. The van der Waals surface area contributed by atoms with E-state index in [4.69, 9.17) is 4.74 Å². The van der Waals surface area contributed by atoms with Crippen molar-refractivity contribution in [2.45, 2.75) is 31.3 Å². The topological polar surface area (TPSA) is 84.3 Å². The summed E-state index contributed by atoms with van der Waals surface area (Å²) in [6, 6.07) is 17.6. The summed E-state index contributed by atoms with van der Waals surface area (Å²) in [7, 11) is 1.69. The van der Waals surface area contributed by atoms with Crippen LogP contribution in [0.2, 0.25) is 0 Å². The Morgan fingerprint density at radius 3 is 2.76 bits per heavy atom. The van der Waals surface area contributed by atoms with Crippen molar-refractivity contribution in [2.75, 3.05) is 13.7 Å². The lowest BCUT2D eigenvalue weighted by Gasteiger charge is -2.08. The Kier molecular flexibility index (Phi) is 7.26. The first kappa shape index (κ1) is 22.8. The minimum Gasteiger partial charge on any atom is -0.383 e. The number of para-hydroxylation sites is 2. The van der Waals surface area contributed by atoms with Crippen molar-refractivity contribution < 1.29 is 9.53 Å². The average Bonchev–Trinajstić information content (AvgIpc) is 3.36. The van der Waals surface area contributed by atoms with E-state index in [-0.39, 0.29) is 5.91 Å². The van der Waals surface area contributed by atoms with Crippen molar-refractivity contribution in [3.05, 3.63) is 82.7 Å². The van der Waals surface area contributed by atoms with Crippen molar-refractivity contribution in [3.8, 4) is 0 Å². The molecule has 0 saturated heterocycles. The van der Waals surface area contributed by atoms with Gasteiger partial charge in [0, 0.05) is 41.9 Å². The third-order valence-electron chi connectivity index (χ3n) is 5.46. The number of hydrogen-bond donors (Lipinski definition) is 2. The number of hydrogen-bond acceptors (Lipinski definition) is 5. The van der Waals surface area contributed by atoms with Crippen LogP contribution in [0.25, 0.3) is 11.0 Å². The average molecular weight is 462 g/mol. The van der Waals surface area contributed by atoms with Gasteiger partial charge in [-0.3, -0.25) is 4.79 Å². The van der Waals surface area contributed by atoms with Gasteiger partial charge in [-0.15, -0.1) is 0 Å². The molecule has 0 fully saturated rings. The fraction of sp³-hybridized carbons (Fsp3) is 0.240. The van der Waals surface area contributed by atoms with E-state index in [1.165, 1.54) is 0 Å². The van der Waals surface area contributed by atoms with Crippen LogP contribution in [0, 0.1) is 13.8 Å². The maximum absolute atomic E-state index is 12.5. The predicted octanol–water partition coefficient (Wildman–Crippen LogP) is 4.68. The number of imidazole rings is 1. The Morgan fingerprint density at radius 2 is 2.00 bits per heavy atom. The lowest BCUT2D eigenvalue weighted by molar-refractivity contribution is 0.0955. The van der Waals surface area contributed by atoms with E-state index in [9.17, 15) is 4.79 Å². The second-order valence-electron chi connectivity index (χ2n) is 7.71. The third kappa shape index (κ3) is 5.53. The largest absolute Gasteiger partial charge is 0.383 e. The van der Waals surface area contributed by atoms with E-state index in [2.05, 4.69) is 31.1 Å². The Labute approximate surface area is 197 Å². The van der Waals surface area contributed by atoms with Gasteiger partial charge in [0.15, 0.2) is 5.16 Å². The van der Waals surface area contributed by atoms with Crippen LogP contribution < -0.4 is 5.43 Å². The van der Waals surface area contributed by atoms with Crippen LogP contribution in [0.3, 0.4) is 0 Å². The molecule has 8 heteroatoms. The van der Waals surface area contributed by atoms with E-state index >= 15 is 0 Å². The summed E-state index contributed by atoms with van der Waals surface area (Å²) < 4.78 is 7.34. The number of rotatable bonds is 9. The third-order valence-corrected chi connectivity index (χ3v) is 6.41. The van der Waals surface area contributed by atoms with Gasteiger partial charge in [0.1, 0.15) is 0 Å². The highest BCUT2D eigenvalue weighted by Crippen LogP contribution is 2.23. The van der Waals surface area contributed by atoms with Crippen LogP contribution in [0.5, 0.6) is 0 Å². The molecule has 4 aromatic rings. The van der Waals surface area contributed by atoms with Gasteiger partial charge in [-0.25, -0.2) is 10.4 Å². The molecule has 0 aliphatic heterocycles. The maximum Gasteiger partial charge on any atom is 0.271 e. The van der Waals surface area contributed by atoms with Gasteiger partial charge in [0.2, 0.25) is 0 Å². The summed E-state index contributed by atoms with van der Waals surface area (Å²) >= 11 is 1.63. The van der Waals surface area contributed by atoms with Crippen LogP contribution in [0.4, 0.5) is 0 Å². The number of benzene rings is 2. The summed E-state index contributed by atoms with van der Waals surface area (Å²) in [5.74, 6) is 0.523. The highest BCUT2D eigenvalue weighted by atomic mass is 32.2. The van der Waals surface area contributed by atoms with Gasteiger partial charge < -0.3 is 14.3 Å². The number of hydrazone groups is 1. The van der Waals surface area contributed by atoms with Gasteiger partial charge in [0.05, 0.1) is 23.9 Å². The Balaban J connectivity index is 1.32. The SMILES string of the molecule is COCCn1c(C)cc(/C=N\NC(=O)c2ccc(CSc3nc4ccccc4[nH]3)cc2)c1C. The number of methoxy groups -OCH3 is 1. The quantitative estimate of drug-likeness (QED) is 0.215. The molecular weight excluding hydrogens is 434 g/mol. The summed E-state index contributed by atoms with van der Waals surface area (Å²) in [4.78, 5) is 20.4. The second kappa shape index (κ2) is 10.5. The number of thioether (sulfide) groups is 1. The highest BCUT2D eigenvalue weighted by Gasteiger charge is 2.09. The van der Waals surface area contributed by atoms with Crippen molar-refractivity contribution >= 4 is 34.9 Å². The summed E-state index contributed by atoms with van der Waals surface area (Å²) in [6.45, 7) is 5.52. The number of aryl methyl sites for hydroxylation is 1. The van der Waals surface area contributed by atoms with Gasteiger partial charge in [-0.05, 0) is 49.7 Å². The molecular formula is C25H27N5O2S. The monoisotopic (exact) mass is 461 g/mol. The lowest BCUT2D eigenvalue weighted by atomic mass is 10.1. The highest BCUT2D eigenvalue weighted by molar-refractivity contribution is 7.98. The van der Waals surface area contributed by atoms with E-state index in [0.29, 0.717) is 12.2 Å². The molecule has 170 valence electrons. The van der Waals surface area contributed by atoms with Crippen LogP contribution in [-0.2, 0) is 17.0 Å². The van der Waals surface area contributed by atoms with Crippen LogP contribution in [-0.4, -0.2) is 40.4 Å². The van der Waals surface area contributed by atoms with Crippen molar-refractivity contribution in [3.63, 3.8) is 0 Å². The predicted molar refractivity (Wildman–Crippen MR) is 133 cm³/mol. The van der Waals surface area contributed by atoms with Gasteiger partial charge in [0.25, 0.3) is 5.91 Å². The van der Waals surface area contributed by atoms with E-state index in [1.807, 2.05) is 62.4 Å². The zero-order chi connectivity index (χ0) is 23.2. The zero-order valence-electron chi connectivity index (χ0n) is 19.0. The molecule has 0 atom stereocenters. The first-order valence-electron chi connectivity index (χ1n) is 10.7. The first-order valence-corrected chi connectivity index (χ1v) is 11.7. The molecule has 4 rings (SSSR count). The molecule has 33 heavy (non-hydrogen) atoms. The summed E-state index contributed by atoms with van der Waals surface area (Å²) in [5, 5.41) is 5.03. The smallest absolute Gasteiger partial charge is 0.271 e. The summed E-state index contributed by atoms with van der Waals surface area (Å²) in [5.41, 5.74) is 9.49. The Hall–Kier alpha value is -3.36. The van der Waals surface area contributed by atoms with Crippen molar-refractivity contribution in [1.82, 2.24) is 20.0 Å². The molecule has 0 bridgehead atoms. The molecule has 0 spiro atoms. The minimum atomic E-state index is -0.240. The molecule has 2 aromatic heterocycles. The molecule has 2 N–H and O–H groups in total. The van der Waals surface area contributed by atoms with E-state index < -0.39 is 0 Å². The molecule has 7 nitrogen and oxygen atoms in total. The van der Waals surface area contributed by atoms with Crippen molar-refractivity contribution in [2.24, 2.45) is 5.10 Å². The molecule has 0 saturated carbocycles. The van der Waals surface area contributed by atoms with E-state index in [0.717, 1.165) is 51.0 Å². The molecule has 0 aliphatic rings. The lowest BCUT2D eigenvalue weighted by Crippen LogP contribution is -2.17. The molecule has 0 radical (unpaired) electrons. The summed E-state index contributed by atoms with van der Waals surface area (Å²) in [6.07, 6.45) is 1.68. The zero-order valence-corrected chi connectivity index (χ0v) is 19.8. The number of carbonyl (C=O) groups excluding carboxylic acids is 1. The molecule has 1 amide bonds. The second-order valence-corrected chi connectivity index (χ2v) is 8.68. The fourth-order valence-corrected chi connectivity index (χ4v) is 4.45. The molecule has 0 aliphatic carbocycles. The molecule has 2 aromatic carbocycles. The number of aromatic nitrogens is 3. The maximum atomic E-state index is 12.5. The Morgan fingerprint density at radius 1 is 1.21 bits per heavy atom. The molecule has 0 unspecified atom stereocenters. The standard InChI is InChI=1S/C25H27N5O2S/c1-17-14-21(18(2)30(17)12-13-32-3)15-26-29-24(31)20-10-8-19(9-11-20)16-33-25-27-22-6-4-5-7-23(22)28-25/h4-11,14-15H,12-13,16H2,1-3H3,(H,27,28)(H,29,31)/b26-15-. The normalized spacial score (nSPS) is 11.5. The number of amides is 1. The fourth-order valence-electron chi connectivity index (χ4n) is 3.61. The number of nitrogens with one attached hydrogen (secondary N) is 2. The number of carbonyl (C=O) groups is 1. The number of H-pyrrole nitrogens is 1.